The van der Waals surface area contributed by atoms with Crippen molar-refractivity contribution in [3.8, 4) is 0 Å². The number of nitrogens with one attached hydrogen (secondary N) is 2. The fourth-order valence-electron chi connectivity index (χ4n) is 0.862. The van der Waals surface area contributed by atoms with Gasteiger partial charge in [0.05, 0.1) is 0 Å². The van der Waals surface area contributed by atoms with Crippen LogP contribution in [-0.2, 0) is 11.3 Å². The Hall–Kier alpha value is -1.25. The minimum Gasteiger partial charge on any atom is -0.367 e. The van der Waals surface area contributed by atoms with Crippen LogP contribution in [0.3, 0.4) is 0 Å². The van der Waals surface area contributed by atoms with Crippen LogP contribution in [0.15, 0.2) is 18.5 Å². The summed E-state index contributed by atoms with van der Waals surface area (Å²) in [4.78, 5) is 14.0. The molecule has 0 radical (unpaired) electrons. The molecule has 0 fully saturated rings. The molecule has 14 heavy (non-hydrogen) atoms. The summed E-state index contributed by atoms with van der Waals surface area (Å²) >= 11 is 0. The van der Waals surface area contributed by atoms with Crippen LogP contribution in [0.4, 0.5) is 0 Å². The first-order valence-corrected chi connectivity index (χ1v) is 5.09. The van der Waals surface area contributed by atoms with Gasteiger partial charge in [0.2, 0.25) is 5.91 Å². The van der Waals surface area contributed by atoms with E-state index >= 15 is 0 Å². The Balaban J connectivity index is 0.000000791. The van der Waals surface area contributed by atoms with E-state index in [0.29, 0.717) is 6.54 Å². The number of hydrogen-bond donors (Lipinski definition) is 2. The standard InChI is InChI=1S/C9H14N2O.C2H6/c1-7(2)9(12)11-6-8-3-4-10-5-8;1-2/h3-5,7,10H,6H2,1-2H3,(H,11,12);1-2H3. The van der Waals surface area contributed by atoms with Crippen LogP contribution < -0.4 is 5.32 Å². The molecule has 0 spiro atoms. The molecule has 0 atom stereocenters. The minimum atomic E-state index is 0.0592. The van der Waals surface area contributed by atoms with Crippen molar-refractivity contribution in [2.45, 2.75) is 34.2 Å². The zero-order valence-electron chi connectivity index (χ0n) is 9.42. The lowest BCUT2D eigenvalue weighted by Gasteiger charge is -2.05. The van der Waals surface area contributed by atoms with Gasteiger partial charge in [-0.15, -0.1) is 0 Å². The Labute approximate surface area is 85.9 Å². The quantitative estimate of drug-likeness (QED) is 0.765. The predicted octanol–water partition coefficient (Wildman–Crippen LogP) is 2.31. The number of H-pyrrole nitrogens is 1. The van der Waals surface area contributed by atoms with Crippen LogP contribution in [0, 0.1) is 5.92 Å². The van der Waals surface area contributed by atoms with Crippen LogP contribution in [0.5, 0.6) is 0 Å². The lowest BCUT2D eigenvalue weighted by molar-refractivity contribution is -0.124. The normalized spacial score (nSPS) is 9.21. The summed E-state index contributed by atoms with van der Waals surface area (Å²) in [6.07, 6.45) is 3.72. The summed E-state index contributed by atoms with van der Waals surface area (Å²) in [7, 11) is 0. The number of carbonyl (C=O) groups is 1. The second kappa shape index (κ2) is 7.18. The first-order valence-electron chi connectivity index (χ1n) is 5.09. The van der Waals surface area contributed by atoms with E-state index < -0.39 is 0 Å². The Kier molecular flexibility index (Phi) is 6.54. The highest BCUT2D eigenvalue weighted by Gasteiger charge is 2.05. The summed E-state index contributed by atoms with van der Waals surface area (Å²) in [5.74, 6) is 0.153. The van der Waals surface area contributed by atoms with Crippen LogP contribution in [0.2, 0.25) is 0 Å². The third-order valence-corrected chi connectivity index (χ3v) is 1.65. The van der Waals surface area contributed by atoms with Gasteiger partial charge in [-0.1, -0.05) is 27.7 Å². The lowest BCUT2D eigenvalue weighted by atomic mass is 10.2. The average Bonchev–Trinajstić information content (AvgIpc) is 2.69. The number of aromatic amines is 1. The Bertz CT molecular complexity index is 240. The Morgan fingerprint density at radius 3 is 2.57 bits per heavy atom. The topological polar surface area (TPSA) is 44.9 Å². The van der Waals surface area contributed by atoms with Crippen molar-refractivity contribution < 1.29 is 4.79 Å². The summed E-state index contributed by atoms with van der Waals surface area (Å²) in [6.45, 7) is 8.37. The second-order valence-electron chi connectivity index (χ2n) is 3.09. The molecule has 1 aromatic rings. The fourth-order valence-corrected chi connectivity index (χ4v) is 0.862. The van der Waals surface area contributed by atoms with Crippen LogP contribution in [0.1, 0.15) is 33.3 Å². The van der Waals surface area contributed by atoms with E-state index in [1.54, 1.807) is 0 Å². The molecule has 2 N–H and O–H groups in total. The van der Waals surface area contributed by atoms with Gasteiger partial charge in [0, 0.05) is 24.9 Å². The van der Waals surface area contributed by atoms with Crippen LogP contribution in [0.25, 0.3) is 0 Å². The van der Waals surface area contributed by atoms with Crippen molar-refractivity contribution >= 4 is 5.91 Å². The molecule has 0 saturated carbocycles. The molecule has 1 rings (SSSR count). The smallest absolute Gasteiger partial charge is 0.222 e. The van der Waals surface area contributed by atoms with Gasteiger partial charge in [0.25, 0.3) is 0 Å². The maximum absolute atomic E-state index is 11.1. The van der Waals surface area contributed by atoms with Gasteiger partial charge in [0.15, 0.2) is 0 Å². The molecule has 0 aliphatic rings. The van der Waals surface area contributed by atoms with E-state index in [0.717, 1.165) is 5.56 Å². The van der Waals surface area contributed by atoms with Crippen molar-refractivity contribution in [3.63, 3.8) is 0 Å². The van der Waals surface area contributed by atoms with E-state index in [9.17, 15) is 4.79 Å². The van der Waals surface area contributed by atoms with E-state index in [-0.39, 0.29) is 11.8 Å². The van der Waals surface area contributed by atoms with Crippen molar-refractivity contribution in [2.75, 3.05) is 0 Å². The number of rotatable bonds is 3. The number of aromatic nitrogens is 1. The molecule has 1 amide bonds. The summed E-state index contributed by atoms with van der Waals surface area (Å²) in [6, 6.07) is 1.95. The highest BCUT2D eigenvalue weighted by atomic mass is 16.1. The van der Waals surface area contributed by atoms with Crippen molar-refractivity contribution in [1.82, 2.24) is 10.3 Å². The zero-order valence-corrected chi connectivity index (χ0v) is 9.42. The predicted molar refractivity (Wildman–Crippen MR) is 58.8 cm³/mol. The highest BCUT2D eigenvalue weighted by molar-refractivity contribution is 5.77. The average molecular weight is 196 g/mol. The van der Waals surface area contributed by atoms with Gasteiger partial charge < -0.3 is 10.3 Å². The number of carbonyl (C=O) groups excluding carboxylic acids is 1. The summed E-state index contributed by atoms with van der Waals surface area (Å²) in [5.41, 5.74) is 1.10. The highest BCUT2D eigenvalue weighted by Crippen LogP contribution is 1.97. The van der Waals surface area contributed by atoms with Crippen LogP contribution >= 0.6 is 0 Å². The van der Waals surface area contributed by atoms with Crippen molar-refractivity contribution in [3.05, 3.63) is 24.0 Å². The number of hydrogen-bond acceptors (Lipinski definition) is 1. The summed E-state index contributed by atoms with van der Waals surface area (Å²) < 4.78 is 0. The number of amides is 1. The van der Waals surface area contributed by atoms with Gasteiger partial charge >= 0.3 is 0 Å². The van der Waals surface area contributed by atoms with E-state index in [1.807, 2.05) is 46.2 Å². The maximum Gasteiger partial charge on any atom is 0.222 e. The summed E-state index contributed by atoms with van der Waals surface area (Å²) in [5, 5.41) is 2.83. The fraction of sp³-hybridized carbons (Fsp3) is 0.545. The molecule has 0 aliphatic heterocycles. The molecular formula is C11H20N2O. The van der Waals surface area contributed by atoms with Crippen molar-refractivity contribution in [1.29, 1.82) is 0 Å². The van der Waals surface area contributed by atoms with Gasteiger partial charge in [-0.2, -0.15) is 0 Å². The zero-order chi connectivity index (χ0) is 11.0. The molecule has 1 heterocycles. The molecule has 1 aromatic heterocycles. The van der Waals surface area contributed by atoms with Gasteiger partial charge in [0.1, 0.15) is 0 Å². The Morgan fingerprint density at radius 1 is 1.50 bits per heavy atom. The molecule has 0 aliphatic carbocycles. The molecule has 0 unspecified atom stereocenters. The van der Waals surface area contributed by atoms with Gasteiger partial charge in [-0.05, 0) is 11.6 Å². The molecule has 3 heteroatoms. The Morgan fingerprint density at radius 2 is 2.14 bits per heavy atom. The first-order chi connectivity index (χ1) is 6.70. The maximum atomic E-state index is 11.1. The first kappa shape index (κ1) is 12.8. The van der Waals surface area contributed by atoms with E-state index in [4.69, 9.17) is 0 Å². The third kappa shape index (κ3) is 4.70. The van der Waals surface area contributed by atoms with Gasteiger partial charge in [-0.25, -0.2) is 0 Å². The molecule has 0 saturated heterocycles. The molecule has 3 nitrogen and oxygen atoms in total. The monoisotopic (exact) mass is 196 g/mol. The van der Waals surface area contributed by atoms with Gasteiger partial charge in [-0.3, -0.25) is 4.79 Å². The van der Waals surface area contributed by atoms with E-state index in [1.165, 1.54) is 0 Å². The molecule has 0 bridgehead atoms. The van der Waals surface area contributed by atoms with E-state index in [2.05, 4.69) is 10.3 Å². The molecule has 0 aromatic carbocycles. The minimum absolute atomic E-state index is 0.0592. The molecular weight excluding hydrogens is 176 g/mol. The molecule has 80 valence electrons. The SMILES string of the molecule is CC.CC(C)C(=O)NCc1cc[nH]c1. The largest absolute Gasteiger partial charge is 0.367 e. The third-order valence-electron chi connectivity index (χ3n) is 1.65. The lowest BCUT2D eigenvalue weighted by Crippen LogP contribution is -2.26. The van der Waals surface area contributed by atoms with Crippen molar-refractivity contribution in [2.24, 2.45) is 5.92 Å². The second-order valence-corrected chi connectivity index (χ2v) is 3.09. The van der Waals surface area contributed by atoms with Crippen LogP contribution in [-0.4, -0.2) is 10.9 Å².